The molecule has 0 saturated carbocycles. The van der Waals surface area contributed by atoms with Crippen molar-refractivity contribution >= 4 is 17.4 Å². The number of aromatic nitrogens is 1. The number of hydrogen-bond acceptors (Lipinski definition) is 4. The Labute approximate surface area is 93.3 Å². The van der Waals surface area contributed by atoms with Gasteiger partial charge in [-0.25, -0.2) is 0 Å². The first-order valence-corrected chi connectivity index (χ1v) is 5.19. The second kappa shape index (κ2) is 4.30. The third kappa shape index (κ3) is 2.18. The van der Waals surface area contributed by atoms with Gasteiger partial charge in [0.05, 0.1) is 0 Å². The number of amides is 1. The number of primary amides is 1. The topological polar surface area (TPSA) is 76.3 Å². The van der Waals surface area contributed by atoms with Crippen LogP contribution in [0.25, 0.3) is 0 Å². The molecule has 5 nitrogen and oxygen atoms in total. The number of ketones is 1. The summed E-state index contributed by atoms with van der Waals surface area (Å²) in [5.74, 6) is -0.240. The lowest BCUT2D eigenvalue weighted by Gasteiger charge is -2.28. The summed E-state index contributed by atoms with van der Waals surface area (Å²) >= 11 is 0. The minimum Gasteiger partial charge on any atom is -0.371 e. The van der Waals surface area contributed by atoms with Crippen LogP contribution in [-0.4, -0.2) is 29.8 Å². The molecular formula is C11H13N3O2. The molecule has 1 aliphatic heterocycles. The van der Waals surface area contributed by atoms with Gasteiger partial charge in [0.2, 0.25) is 0 Å². The molecule has 1 fully saturated rings. The van der Waals surface area contributed by atoms with E-state index in [2.05, 4.69) is 9.88 Å². The number of carbonyl (C=O) groups excluding carboxylic acids is 2. The SMILES string of the molecule is NC(=O)c1cc(N2CCC(=O)CC2)ccn1. The fraction of sp³-hybridized carbons (Fsp3) is 0.364. The Bertz CT molecular complexity index is 421. The Morgan fingerprint density at radius 2 is 2.06 bits per heavy atom. The van der Waals surface area contributed by atoms with Crippen molar-refractivity contribution in [2.75, 3.05) is 18.0 Å². The van der Waals surface area contributed by atoms with Gasteiger partial charge in [-0.05, 0) is 12.1 Å². The Morgan fingerprint density at radius 1 is 1.38 bits per heavy atom. The molecule has 1 saturated heterocycles. The highest BCUT2D eigenvalue weighted by atomic mass is 16.1. The number of hydrogen-bond donors (Lipinski definition) is 1. The summed E-state index contributed by atoms with van der Waals surface area (Å²) < 4.78 is 0. The summed E-state index contributed by atoms with van der Waals surface area (Å²) in [4.78, 5) is 28.0. The number of nitrogens with two attached hydrogens (primary N) is 1. The zero-order valence-corrected chi connectivity index (χ0v) is 8.85. The molecule has 0 spiro atoms. The molecule has 2 rings (SSSR count). The number of piperidine rings is 1. The number of rotatable bonds is 2. The second-order valence-corrected chi connectivity index (χ2v) is 3.79. The van der Waals surface area contributed by atoms with E-state index in [0.29, 0.717) is 31.7 Å². The normalized spacial score (nSPS) is 16.2. The molecule has 0 unspecified atom stereocenters. The molecule has 0 bridgehead atoms. The molecule has 1 aromatic heterocycles. The van der Waals surface area contributed by atoms with E-state index in [-0.39, 0.29) is 5.69 Å². The molecular weight excluding hydrogens is 206 g/mol. The number of nitrogens with zero attached hydrogens (tertiary/aromatic N) is 2. The van der Waals surface area contributed by atoms with E-state index in [0.717, 1.165) is 5.69 Å². The van der Waals surface area contributed by atoms with Crippen LogP contribution < -0.4 is 10.6 Å². The van der Waals surface area contributed by atoms with Crippen LogP contribution in [0.15, 0.2) is 18.3 Å². The number of pyridine rings is 1. The fourth-order valence-corrected chi connectivity index (χ4v) is 1.77. The average molecular weight is 219 g/mol. The van der Waals surface area contributed by atoms with E-state index in [1.54, 1.807) is 12.3 Å². The fourth-order valence-electron chi connectivity index (χ4n) is 1.77. The Hall–Kier alpha value is -1.91. The van der Waals surface area contributed by atoms with Crippen molar-refractivity contribution < 1.29 is 9.59 Å². The first kappa shape index (κ1) is 10.6. The standard InChI is InChI=1S/C11H13N3O2/c12-11(16)10-7-8(1-4-13-10)14-5-2-9(15)3-6-14/h1,4,7H,2-3,5-6H2,(H2,12,16). The summed E-state index contributed by atoms with van der Waals surface area (Å²) in [5, 5.41) is 0. The van der Waals surface area contributed by atoms with Crippen molar-refractivity contribution in [2.24, 2.45) is 5.73 Å². The van der Waals surface area contributed by atoms with E-state index in [9.17, 15) is 9.59 Å². The molecule has 0 atom stereocenters. The third-order valence-corrected chi connectivity index (χ3v) is 2.68. The molecule has 1 aliphatic rings. The molecule has 1 aromatic rings. The molecule has 84 valence electrons. The lowest BCUT2D eigenvalue weighted by molar-refractivity contribution is -0.119. The van der Waals surface area contributed by atoms with Crippen LogP contribution in [0.4, 0.5) is 5.69 Å². The average Bonchev–Trinajstić information content (AvgIpc) is 2.30. The highest BCUT2D eigenvalue weighted by molar-refractivity contribution is 5.91. The summed E-state index contributed by atoms with van der Waals surface area (Å²) in [7, 11) is 0. The van der Waals surface area contributed by atoms with Crippen LogP contribution in [0.5, 0.6) is 0 Å². The molecule has 0 aliphatic carbocycles. The molecule has 0 radical (unpaired) electrons. The monoisotopic (exact) mass is 219 g/mol. The lowest BCUT2D eigenvalue weighted by atomic mass is 10.1. The Morgan fingerprint density at radius 3 is 2.69 bits per heavy atom. The van der Waals surface area contributed by atoms with Gasteiger partial charge in [-0.1, -0.05) is 0 Å². The summed E-state index contributed by atoms with van der Waals surface area (Å²) in [5.41, 5.74) is 6.32. The maximum atomic E-state index is 11.1. The molecule has 2 heterocycles. The quantitative estimate of drug-likeness (QED) is 0.778. The van der Waals surface area contributed by atoms with E-state index >= 15 is 0 Å². The zero-order valence-electron chi connectivity index (χ0n) is 8.85. The minimum absolute atomic E-state index is 0.259. The van der Waals surface area contributed by atoms with E-state index in [1.165, 1.54) is 0 Å². The predicted molar refractivity (Wildman–Crippen MR) is 59.2 cm³/mol. The van der Waals surface area contributed by atoms with Crippen LogP contribution in [-0.2, 0) is 4.79 Å². The van der Waals surface area contributed by atoms with Crippen molar-refractivity contribution in [3.05, 3.63) is 24.0 Å². The number of carbonyl (C=O) groups is 2. The van der Waals surface area contributed by atoms with Crippen LogP contribution >= 0.6 is 0 Å². The van der Waals surface area contributed by atoms with Gasteiger partial charge in [0.15, 0.2) is 0 Å². The third-order valence-electron chi connectivity index (χ3n) is 2.68. The van der Waals surface area contributed by atoms with Gasteiger partial charge in [0.1, 0.15) is 11.5 Å². The van der Waals surface area contributed by atoms with Crippen LogP contribution in [0, 0.1) is 0 Å². The lowest BCUT2D eigenvalue weighted by Crippen LogP contribution is -2.33. The van der Waals surface area contributed by atoms with Crippen molar-refractivity contribution in [3.8, 4) is 0 Å². The number of anilines is 1. The maximum absolute atomic E-state index is 11.1. The Balaban J connectivity index is 2.17. The zero-order chi connectivity index (χ0) is 11.5. The first-order chi connectivity index (χ1) is 7.66. The smallest absolute Gasteiger partial charge is 0.267 e. The Kier molecular flexibility index (Phi) is 2.85. The van der Waals surface area contributed by atoms with E-state index in [1.807, 2.05) is 6.07 Å². The van der Waals surface area contributed by atoms with Gasteiger partial charge in [-0.15, -0.1) is 0 Å². The van der Waals surface area contributed by atoms with Crippen molar-refractivity contribution in [2.45, 2.75) is 12.8 Å². The van der Waals surface area contributed by atoms with Crippen molar-refractivity contribution in [3.63, 3.8) is 0 Å². The van der Waals surface area contributed by atoms with Gasteiger partial charge in [0, 0.05) is 37.8 Å². The molecule has 0 aromatic carbocycles. The van der Waals surface area contributed by atoms with Gasteiger partial charge in [-0.2, -0.15) is 0 Å². The maximum Gasteiger partial charge on any atom is 0.267 e. The highest BCUT2D eigenvalue weighted by Gasteiger charge is 2.17. The molecule has 1 amide bonds. The predicted octanol–water partition coefficient (Wildman–Crippen LogP) is 0.350. The van der Waals surface area contributed by atoms with E-state index in [4.69, 9.17) is 5.73 Å². The molecule has 5 heteroatoms. The molecule has 2 N–H and O–H groups in total. The highest BCUT2D eigenvalue weighted by Crippen LogP contribution is 2.18. The van der Waals surface area contributed by atoms with Crippen LogP contribution in [0.1, 0.15) is 23.3 Å². The minimum atomic E-state index is -0.532. The van der Waals surface area contributed by atoms with Gasteiger partial charge in [-0.3, -0.25) is 14.6 Å². The summed E-state index contributed by atoms with van der Waals surface area (Å²) in [6.07, 6.45) is 2.69. The van der Waals surface area contributed by atoms with Crippen LogP contribution in [0.2, 0.25) is 0 Å². The first-order valence-electron chi connectivity index (χ1n) is 5.19. The summed E-state index contributed by atoms with van der Waals surface area (Å²) in [6.45, 7) is 1.39. The van der Waals surface area contributed by atoms with Gasteiger partial charge >= 0.3 is 0 Å². The van der Waals surface area contributed by atoms with E-state index < -0.39 is 5.91 Å². The van der Waals surface area contributed by atoms with Crippen LogP contribution in [0.3, 0.4) is 0 Å². The van der Waals surface area contributed by atoms with Gasteiger partial charge < -0.3 is 10.6 Å². The second-order valence-electron chi connectivity index (χ2n) is 3.79. The van der Waals surface area contributed by atoms with Gasteiger partial charge in [0.25, 0.3) is 5.91 Å². The van der Waals surface area contributed by atoms with Crippen molar-refractivity contribution in [1.29, 1.82) is 0 Å². The van der Waals surface area contributed by atoms with Crippen molar-refractivity contribution in [1.82, 2.24) is 4.98 Å². The molecule has 16 heavy (non-hydrogen) atoms. The summed E-state index contributed by atoms with van der Waals surface area (Å²) in [6, 6.07) is 3.49. The largest absolute Gasteiger partial charge is 0.371 e. The number of Topliss-reactive ketones (excluding diaryl/α,β-unsaturated/α-hetero) is 1.